The van der Waals surface area contributed by atoms with Crippen LogP contribution in [0.5, 0.6) is 0 Å². The van der Waals surface area contributed by atoms with Crippen molar-refractivity contribution < 1.29 is 0 Å². The molecule has 1 aromatic rings. The molecular formula is C11H11N. The first-order valence-electron chi connectivity index (χ1n) is 3.76. The van der Waals surface area contributed by atoms with Crippen LogP contribution in [-0.2, 0) is 6.54 Å². The predicted octanol–water partition coefficient (Wildman–Crippen LogP) is 1.90. The van der Waals surface area contributed by atoms with Crippen LogP contribution < -0.4 is 5.32 Å². The highest BCUT2D eigenvalue weighted by molar-refractivity contribution is 5.34. The van der Waals surface area contributed by atoms with Gasteiger partial charge in [0.05, 0.1) is 0 Å². The molecule has 0 saturated carbocycles. The van der Waals surface area contributed by atoms with Gasteiger partial charge in [0.1, 0.15) is 0 Å². The number of benzene rings is 1. The van der Waals surface area contributed by atoms with Crippen molar-refractivity contribution in [3.63, 3.8) is 0 Å². The van der Waals surface area contributed by atoms with Gasteiger partial charge in [-0.2, -0.15) is 0 Å². The largest absolute Gasteiger partial charge is 0.387 e. The Morgan fingerprint density at radius 2 is 2.08 bits per heavy atom. The molecule has 0 aliphatic heterocycles. The van der Waals surface area contributed by atoms with Crippen molar-refractivity contribution in [3.05, 3.63) is 48.2 Å². The molecule has 0 atom stereocenters. The molecule has 1 aromatic carbocycles. The SMILES string of the molecule is C#Cc1ccc(CNC=C)cc1. The lowest BCUT2D eigenvalue weighted by molar-refractivity contribution is 0.872. The minimum absolute atomic E-state index is 0.800. The molecule has 0 unspecified atom stereocenters. The van der Waals surface area contributed by atoms with Crippen LogP contribution in [0.1, 0.15) is 11.1 Å². The second kappa shape index (κ2) is 4.25. The van der Waals surface area contributed by atoms with Crippen LogP contribution in [0.2, 0.25) is 0 Å². The van der Waals surface area contributed by atoms with Crippen molar-refractivity contribution in [1.82, 2.24) is 5.32 Å². The highest BCUT2D eigenvalue weighted by atomic mass is 14.8. The lowest BCUT2D eigenvalue weighted by Crippen LogP contribution is -2.02. The van der Waals surface area contributed by atoms with Gasteiger partial charge in [-0.15, -0.1) is 6.42 Å². The van der Waals surface area contributed by atoms with E-state index in [1.54, 1.807) is 6.20 Å². The molecule has 1 rings (SSSR count). The maximum Gasteiger partial charge on any atom is 0.0395 e. The number of terminal acetylenes is 1. The molecule has 0 heterocycles. The second-order valence-electron chi connectivity index (χ2n) is 2.43. The van der Waals surface area contributed by atoms with Gasteiger partial charge in [0.25, 0.3) is 0 Å². The average Bonchev–Trinajstić information content (AvgIpc) is 2.15. The summed E-state index contributed by atoms with van der Waals surface area (Å²) in [6.45, 7) is 4.37. The lowest BCUT2D eigenvalue weighted by Gasteiger charge is -2.00. The molecule has 1 heteroatoms. The molecule has 0 aliphatic carbocycles. The molecule has 0 fully saturated rings. The summed E-state index contributed by atoms with van der Waals surface area (Å²) < 4.78 is 0. The third kappa shape index (κ3) is 2.17. The zero-order valence-electron chi connectivity index (χ0n) is 6.88. The van der Waals surface area contributed by atoms with Crippen LogP contribution in [0.4, 0.5) is 0 Å². The summed E-state index contributed by atoms with van der Waals surface area (Å²) in [5.74, 6) is 2.57. The number of nitrogens with one attached hydrogen (secondary N) is 1. The van der Waals surface area contributed by atoms with Gasteiger partial charge < -0.3 is 5.32 Å². The van der Waals surface area contributed by atoms with Crippen LogP contribution in [0.15, 0.2) is 37.0 Å². The van der Waals surface area contributed by atoms with E-state index in [1.807, 2.05) is 24.3 Å². The van der Waals surface area contributed by atoms with Crippen molar-refractivity contribution in [3.8, 4) is 12.3 Å². The summed E-state index contributed by atoms with van der Waals surface area (Å²) in [6, 6.07) is 7.87. The normalized spacial score (nSPS) is 8.58. The van der Waals surface area contributed by atoms with Crippen molar-refractivity contribution >= 4 is 0 Å². The fraction of sp³-hybridized carbons (Fsp3) is 0.0909. The second-order valence-corrected chi connectivity index (χ2v) is 2.43. The molecule has 0 aromatic heterocycles. The quantitative estimate of drug-likeness (QED) is 0.661. The van der Waals surface area contributed by atoms with Gasteiger partial charge in [0.15, 0.2) is 0 Å². The number of hydrogen-bond donors (Lipinski definition) is 1. The van der Waals surface area contributed by atoms with E-state index < -0.39 is 0 Å². The fourth-order valence-electron chi connectivity index (χ4n) is 0.909. The average molecular weight is 157 g/mol. The number of hydrogen-bond acceptors (Lipinski definition) is 1. The van der Waals surface area contributed by atoms with E-state index in [0.717, 1.165) is 12.1 Å². The smallest absolute Gasteiger partial charge is 0.0395 e. The van der Waals surface area contributed by atoms with Gasteiger partial charge in [-0.05, 0) is 23.9 Å². The van der Waals surface area contributed by atoms with Gasteiger partial charge >= 0.3 is 0 Å². The Morgan fingerprint density at radius 3 is 2.58 bits per heavy atom. The zero-order chi connectivity index (χ0) is 8.81. The molecule has 0 radical (unpaired) electrons. The molecule has 12 heavy (non-hydrogen) atoms. The summed E-state index contributed by atoms with van der Waals surface area (Å²) >= 11 is 0. The van der Waals surface area contributed by atoms with E-state index in [1.165, 1.54) is 5.56 Å². The van der Waals surface area contributed by atoms with Crippen LogP contribution in [0.3, 0.4) is 0 Å². The van der Waals surface area contributed by atoms with E-state index in [2.05, 4.69) is 17.8 Å². The maximum atomic E-state index is 5.22. The molecule has 0 aliphatic rings. The third-order valence-corrected chi connectivity index (χ3v) is 1.57. The van der Waals surface area contributed by atoms with Gasteiger partial charge in [-0.1, -0.05) is 24.6 Å². The summed E-state index contributed by atoms with van der Waals surface area (Å²) in [5.41, 5.74) is 2.12. The Labute approximate surface area is 73.1 Å². The van der Waals surface area contributed by atoms with Crippen molar-refractivity contribution in [1.29, 1.82) is 0 Å². The van der Waals surface area contributed by atoms with Gasteiger partial charge in [0, 0.05) is 12.1 Å². The molecular weight excluding hydrogens is 146 g/mol. The third-order valence-electron chi connectivity index (χ3n) is 1.57. The van der Waals surface area contributed by atoms with Crippen LogP contribution in [-0.4, -0.2) is 0 Å². The fourth-order valence-corrected chi connectivity index (χ4v) is 0.909. The van der Waals surface area contributed by atoms with Gasteiger partial charge in [0.2, 0.25) is 0 Å². The minimum Gasteiger partial charge on any atom is -0.387 e. The van der Waals surface area contributed by atoms with Crippen molar-refractivity contribution in [2.75, 3.05) is 0 Å². The Hall–Kier alpha value is -1.68. The Bertz CT molecular complexity index is 290. The predicted molar refractivity (Wildman–Crippen MR) is 51.4 cm³/mol. The first-order chi connectivity index (χ1) is 5.86. The first kappa shape index (κ1) is 8.42. The summed E-state index contributed by atoms with van der Waals surface area (Å²) in [7, 11) is 0. The molecule has 0 bridgehead atoms. The highest BCUT2D eigenvalue weighted by Crippen LogP contribution is 2.02. The van der Waals surface area contributed by atoms with Gasteiger partial charge in [-0.3, -0.25) is 0 Å². The molecule has 0 saturated heterocycles. The number of rotatable bonds is 3. The van der Waals surface area contributed by atoms with E-state index >= 15 is 0 Å². The van der Waals surface area contributed by atoms with Crippen LogP contribution in [0.25, 0.3) is 0 Å². The van der Waals surface area contributed by atoms with Crippen LogP contribution >= 0.6 is 0 Å². The topological polar surface area (TPSA) is 12.0 Å². The van der Waals surface area contributed by atoms with E-state index in [-0.39, 0.29) is 0 Å². The monoisotopic (exact) mass is 157 g/mol. The molecule has 0 amide bonds. The summed E-state index contributed by atoms with van der Waals surface area (Å²) in [5, 5.41) is 3.01. The van der Waals surface area contributed by atoms with Crippen LogP contribution in [0, 0.1) is 12.3 Å². The molecule has 1 N–H and O–H groups in total. The first-order valence-corrected chi connectivity index (χ1v) is 3.76. The zero-order valence-corrected chi connectivity index (χ0v) is 6.88. The lowest BCUT2D eigenvalue weighted by atomic mass is 10.1. The minimum atomic E-state index is 0.800. The van der Waals surface area contributed by atoms with Crippen molar-refractivity contribution in [2.45, 2.75) is 6.54 Å². The Balaban J connectivity index is 2.66. The summed E-state index contributed by atoms with van der Waals surface area (Å²) in [6.07, 6.45) is 6.89. The van der Waals surface area contributed by atoms with E-state index in [9.17, 15) is 0 Å². The van der Waals surface area contributed by atoms with E-state index in [4.69, 9.17) is 6.42 Å². The van der Waals surface area contributed by atoms with Crippen molar-refractivity contribution in [2.24, 2.45) is 0 Å². The highest BCUT2D eigenvalue weighted by Gasteiger charge is 1.89. The Morgan fingerprint density at radius 1 is 1.42 bits per heavy atom. The molecule has 60 valence electrons. The summed E-state index contributed by atoms with van der Waals surface area (Å²) in [4.78, 5) is 0. The molecule has 1 nitrogen and oxygen atoms in total. The maximum absolute atomic E-state index is 5.22. The molecule has 0 spiro atoms. The Kier molecular flexibility index (Phi) is 2.98. The van der Waals surface area contributed by atoms with Gasteiger partial charge in [-0.25, -0.2) is 0 Å². The van der Waals surface area contributed by atoms with E-state index in [0.29, 0.717) is 0 Å². The standard InChI is InChI=1S/C11H11N/c1-3-10-5-7-11(8-6-10)9-12-4-2/h1,4-8,12H,2,9H2.